The molecular weight excluding hydrogens is 416 g/mol. The standard InChI is InChI=1S/C25H26N6O2/c1-17-15-23(29-20-9-11-22(33-2)12-10-20)31-24(28-17)26-13-14-27-25(32)30-21-8-7-18-5-3-4-6-19(18)16-21/h3-12,15-16H,13-14H2,1-2H3,(H2,27,30,32)(H2,26,28,29,31). The highest BCUT2D eigenvalue weighted by molar-refractivity contribution is 5.93. The Morgan fingerprint density at radius 2 is 1.64 bits per heavy atom. The number of methoxy groups -OCH3 is 1. The van der Waals surface area contributed by atoms with E-state index in [4.69, 9.17) is 4.74 Å². The summed E-state index contributed by atoms with van der Waals surface area (Å²) < 4.78 is 5.18. The zero-order valence-corrected chi connectivity index (χ0v) is 18.6. The van der Waals surface area contributed by atoms with Crippen LogP contribution in [0.15, 0.2) is 72.8 Å². The smallest absolute Gasteiger partial charge is 0.319 e. The summed E-state index contributed by atoms with van der Waals surface area (Å²) in [5, 5.41) is 14.3. The lowest BCUT2D eigenvalue weighted by Gasteiger charge is -2.11. The topological polar surface area (TPSA) is 100 Å². The van der Waals surface area contributed by atoms with Crippen LogP contribution in [0.2, 0.25) is 0 Å². The maximum absolute atomic E-state index is 12.2. The molecule has 0 spiro atoms. The maximum atomic E-state index is 12.2. The first-order chi connectivity index (χ1) is 16.1. The molecule has 0 fully saturated rings. The number of urea groups is 1. The summed E-state index contributed by atoms with van der Waals surface area (Å²) in [7, 11) is 1.64. The molecule has 3 aromatic carbocycles. The number of aryl methyl sites for hydroxylation is 1. The van der Waals surface area contributed by atoms with Gasteiger partial charge in [-0.05, 0) is 54.1 Å². The van der Waals surface area contributed by atoms with E-state index >= 15 is 0 Å². The molecular formula is C25H26N6O2. The summed E-state index contributed by atoms with van der Waals surface area (Å²) in [5.74, 6) is 1.96. The number of carbonyl (C=O) groups excluding carboxylic acids is 1. The average Bonchev–Trinajstić information content (AvgIpc) is 2.82. The van der Waals surface area contributed by atoms with Crippen LogP contribution in [0, 0.1) is 6.92 Å². The van der Waals surface area contributed by atoms with E-state index in [2.05, 4.69) is 31.2 Å². The van der Waals surface area contributed by atoms with Crippen LogP contribution in [-0.2, 0) is 0 Å². The van der Waals surface area contributed by atoms with E-state index in [0.717, 1.165) is 33.6 Å². The number of fused-ring (bicyclic) bond motifs is 1. The molecule has 0 atom stereocenters. The van der Waals surface area contributed by atoms with Gasteiger partial charge in [0.1, 0.15) is 11.6 Å². The lowest BCUT2D eigenvalue weighted by molar-refractivity contribution is 0.252. The van der Waals surface area contributed by atoms with E-state index < -0.39 is 0 Å². The minimum absolute atomic E-state index is 0.265. The number of nitrogens with one attached hydrogen (secondary N) is 4. The third-order valence-electron chi connectivity index (χ3n) is 4.92. The molecule has 0 aliphatic carbocycles. The quantitative estimate of drug-likeness (QED) is 0.289. The van der Waals surface area contributed by atoms with Crippen LogP contribution in [0.1, 0.15) is 5.69 Å². The zero-order valence-electron chi connectivity index (χ0n) is 18.6. The van der Waals surface area contributed by atoms with Gasteiger partial charge in [0.15, 0.2) is 0 Å². The highest BCUT2D eigenvalue weighted by atomic mass is 16.5. The van der Waals surface area contributed by atoms with Gasteiger partial charge in [0.2, 0.25) is 5.95 Å². The summed E-state index contributed by atoms with van der Waals surface area (Å²) in [6, 6.07) is 23.0. The molecule has 168 valence electrons. The molecule has 4 aromatic rings. The van der Waals surface area contributed by atoms with Crippen LogP contribution in [0.4, 0.5) is 27.9 Å². The first-order valence-electron chi connectivity index (χ1n) is 10.6. The minimum Gasteiger partial charge on any atom is -0.497 e. The molecule has 0 aliphatic heterocycles. The van der Waals surface area contributed by atoms with Gasteiger partial charge < -0.3 is 26.0 Å². The molecule has 0 bridgehead atoms. The Labute approximate surface area is 192 Å². The van der Waals surface area contributed by atoms with E-state index in [1.54, 1.807) is 7.11 Å². The Bertz CT molecular complexity index is 1240. The fourth-order valence-corrected chi connectivity index (χ4v) is 3.33. The second kappa shape index (κ2) is 10.3. The van der Waals surface area contributed by atoms with E-state index in [1.165, 1.54) is 0 Å². The van der Waals surface area contributed by atoms with Gasteiger partial charge in [-0.25, -0.2) is 9.78 Å². The lowest BCUT2D eigenvalue weighted by atomic mass is 10.1. The van der Waals surface area contributed by atoms with Gasteiger partial charge in [-0.3, -0.25) is 0 Å². The number of carbonyl (C=O) groups is 1. The molecule has 8 nitrogen and oxygen atoms in total. The van der Waals surface area contributed by atoms with Crippen molar-refractivity contribution in [1.29, 1.82) is 0 Å². The Morgan fingerprint density at radius 1 is 0.879 bits per heavy atom. The van der Waals surface area contributed by atoms with Gasteiger partial charge in [-0.15, -0.1) is 0 Å². The Morgan fingerprint density at radius 3 is 2.42 bits per heavy atom. The largest absolute Gasteiger partial charge is 0.497 e. The number of rotatable bonds is 8. The molecule has 1 aromatic heterocycles. The fraction of sp³-hybridized carbons (Fsp3) is 0.160. The molecule has 0 saturated carbocycles. The van der Waals surface area contributed by atoms with Crippen LogP contribution in [0.25, 0.3) is 10.8 Å². The van der Waals surface area contributed by atoms with Crippen molar-refractivity contribution in [3.8, 4) is 5.75 Å². The molecule has 0 radical (unpaired) electrons. The highest BCUT2D eigenvalue weighted by Crippen LogP contribution is 2.20. The van der Waals surface area contributed by atoms with Crippen LogP contribution < -0.4 is 26.0 Å². The van der Waals surface area contributed by atoms with Crippen LogP contribution in [-0.4, -0.2) is 36.2 Å². The Kier molecular flexibility index (Phi) is 6.84. The van der Waals surface area contributed by atoms with E-state index in [-0.39, 0.29) is 6.03 Å². The monoisotopic (exact) mass is 442 g/mol. The van der Waals surface area contributed by atoms with E-state index in [9.17, 15) is 4.79 Å². The summed E-state index contributed by atoms with van der Waals surface area (Å²) in [6.45, 7) is 2.80. The second-order valence-electron chi connectivity index (χ2n) is 7.44. The molecule has 2 amide bonds. The van der Waals surface area contributed by atoms with Crippen LogP contribution >= 0.6 is 0 Å². The molecule has 33 heavy (non-hydrogen) atoms. The van der Waals surface area contributed by atoms with Crippen molar-refractivity contribution in [2.75, 3.05) is 36.1 Å². The molecule has 4 N–H and O–H groups in total. The minimum atomic E-state index is -0.265. The predicted molar refractivity (Wildman–Crippen MR) is 133 cm³/mol. The van der Waals surface area contributed by atoms with Crippen molar-refractivity contribution in [2.45, 2.75) is 6.92 Å². The normalized spacial score (nSPS) is 10.5. The van der Waals surface area contributed by atoms with Gasteiger partial charge in [-0.1, -0.05) is 30.3 Å². The fourth-order valence-electron chi connectivity index (χ4n) is 3.33. The van der Waals surface area contributed by atoms with Crippen molar-refractivity contribution >= 4 is 39.9 Å². The number of nitrogens with zero attached hydrogens (tertiary/aromatic N) is 2. The van der Waals surface area contributed by atoms with Crippen molar-refractivity contribution in [2.24, 2.45) is 0 Å². The number of ether oxygens (including phenoxy) is 1. The van der Waals surface area contributed by atoms with Gasteiger partial charge >= 0.3 is 6.03 Å². The molecule has 0 saturated heterocycles. The third-order valence-corrected chi connectivity index (χ3v) is 4.92. The molecule has 0 unspecified atom stereocenters. The second-order valence-corrected chi connectivity index (χ2v) is 7.44. The number of aromatic nitrogens is 2. The molecule has 0 aliphatic rings. The maximum Gasteiger partial charge on any atom is 0.319 e. The van der Waals surface area contributed by atoms with Crippen LogP contribution in [0.3, 0.4) is 0 Å². The number of anilines is 4. The number of benzene rings is 3. The van der Waals surface area contributed by atoms with Crippen LogP contribution in [0.5, 0.6) is 5.75 Å². The van der Waals surface area contributed by atoms with E-state index in [0.29, 0.717) is 24.9 Å². The first kappa shape index (κ1) is 21.9. The third kappa shape index (κ3) is 6.10. The van der Waals surface area contributed by atoms with Crippen molar-refractivity contribution in [1.82, 2.24) is 15.3 Å². The Balaban J connectivity index is 1.26. The first-order valence-corrected chi connectivity index (χ1v) is 10.6. The molecule has 4 rings (SSSR count). The van der Waals surface area contributed by atoms with Gasteiger partial charge in [0.05, 0.1) is 7.11 Å². The highest BCUT2D eigenvalue weighted by Gasteiger charge is 2.05. The summed E-state index contributed by atoms with van der Waals surface area (Å²) in [6.07, 6.45) is 0. The summed E-state index contributed by atoms with van der Waals surface area (Å²) in [4.78, 5) is 21.1. The molecule has 1 heterocycles. The molecule has 8 heteroatoms. The number of hydrogen-bond donors (Lipinski definition) is 4. The van der Waals surface area contributed by atoms with Crippen molar-refractivity contribution in [3.63, 3.8) is 0 Å². The van der Waals surface area contributed by atoms with Gasteiger partial charge in [-0.2, -0.15) is 4.98 Å². The number of amides is 2. The van der Waals surface area contributed by atoms with Gasteiger partial charge in [0.25, 0.3) is 0 Å². The van der Waals surface area contributed by atoms with Gasteiger partial charge in [0, 0.05) is 36.2 Å². The van der Waals surface area contributed by atoms with Crippen molar-refractivity contribution in [3.05, 3.63) is 78.5 Å². The Hall–Kier alpha value is -4.33. The zero-order chi connectivity index (χ0) is 23.0. The average molecular weight is 443 g/mol. The number of hydrogen-bond acceptors (Lipinski definition) is 6. The van der Waals surface area contributed by atoms with Crippen molar-refractivity contribution < 1.29 is 9.53 Å². The predicted octanol–water partition coefficient (Wildman–Crippen LogP) is 4.92. The summed E-state index contributed by atoms with van der Waals surface area (Å²) in [5.41, 5.74) is 2.47. The SMILES string of the molecule is COc1ccc(Nc2cc(C)nc(NCCNC(=O)Nc3ccc4ccccc4c3)n2)cc1. The summed E-state index contributed by atoms with van der Waals surface area (Å²) >= 11 is 0. The lowest BCUT2D eigenvalue weighted by Crippen LogP contribution is -2.32. The van der Waals surface area contributed by atoms with E-state index in [1.807, 2.05) is 79.7 Å².